The van der Waals surface area contributed by atoms with Crippen molar-refractivity contribution >= 4 is 112 Å². The molecule has 4 aliphatic rings. The Morgan fingerprint density at radius 3 is 0.972 bits per heavy atom. The molecule has 0 aromatic carbocycles. The molecule has 4 fully saturated rings. The number of rotatable bonds is 16. The number of likely N-dealkylation sites (tertiary alicyclic amines) is 3. The molecule has 8 rings (SSSR count). The Bertz CT molecular complexity index is 3920. The van der Waals surface area contributed by atoms with Crippen molar-refractivity contribution in [3.8, 4) is 24.3 Å². The number of nitrogens with two attached hydrogens (primary N) is 5. The Kier molecular flexibility index (Phi) is 34.7. The molecule has 0 saturated carbocycles. The van der Waals surface area contributed by atoms with Gasteiger partial charge in [-0.15, -0.1) is 12.4 Å². The summed E-state index contributed by atoms with van der Waals surface area (Å²) in [6.07, 6.45) is 11.0. The summed E-state index contributed by atoms with van der Waals surface area (Å²) in [6.45, 7) is 25.1. The van der Waals surface area contributed by atoms with Gasteiger partial charge in [0, 0.05) is 98.7 Å². The molecule has 0 spiro atoms. The first kappa shape index (κ1) is 91.2. The highest BCUT2D eigenvalue weighted by atomic mass is 35.5. The summed E-state index contributed by atoms with van der Waals surface area (Å²) in [5, 5.41) is 71.9. The number of hydrogen-bond donors (Lipinski definition) is 10. The van der Waals surface area contributed by atoms with Crippen LogP contribution in [0, 0.1) is 45.3 Å². The summed E-state index contributed by atoms with van der Waals surface area (Å²) in [6, 6.07) is 8.73. The van der Waals surface area contributed by atoms with Gasteiger partial charge in [-0.05, 0) is 124 Å². The molecule has 9 amide bonds. The number of anilines is 4. The van der Waals surface area contributed by atoms with Crippen LogP contribution >= 0.6 is 24.0 Å². The molecule has 4 aromatic rings. The standard InChI is InChI=1S/C18H26N6O4.C16H24N6O3.C15H22N6O2.C13H18N6O2.C2H3ClO.C2H4O2.ClH/c1-12(25)21-15-13(14(20)26)11-24(22-15)18(5-8-19)6-9-23(10-7-18)16(27)28-17(2,3)4;1-15(2,3)25-14(24)21-8-5-16(4-7-17,6-9-21)22-10-11(13(19)23)12(18)20-22;1-3-20-8-5-15(4-7-16,6-9-20)21-10-12(13(17)23)14(19-21)18-11(2)22;1-9(20)17-12-10(11(15)21)8-19(18-12)13(2-5-14)3-6-16-7-4-13;2*1-2(3)4;/h11H,5-7,9-10H2,1-4H3,(H2,20,26)(H,21,22,25);10H,4-6,8-9H2,1-3H3,(H2,18,20)(H2,19,23);10H,3-6,8-9H2,1-2H3,(H2,17,23)(H,18,19,22);8,16H,2-4,6-7H2,1H3,(H2,15,21)(H,17,18,20);1H3;1H3,(H,3,4);1H. The van der Waals surface area contributed by atoms with E-state index < -0.39 is 69.0 Å². The molecule has 8 heterocycles. The molecule has 0 atom stereocenters. The van der Waals surface area contributed by atoms with E-state index in [0.717, 1.165) is 65.3 Å². The van der Waals surface area contributed by atoms with Crippen LogP contribution in [0.3, 0.4) is 0 Å². The van der Waals surface area contributed by atoms with Gasteiger partial charge in [0.2, 0.25) is 23.0 Å². The van der Waals surface area contributed by atoms with E-state index in [-0.39, 0.29) is 106 Å². The Labute approximate surface area is 625 Å². The molecule has 0 radical (unpaired) electrons. The number of aliphatic carboxylic acids is 1. The molecule has 40 heteroatoms. The maximum absolute atomic E-state index is 12.3. The lowest BCUT2D eigenvalue weighted by molar-refractivity contribution is -0.134. The van der Waals surface area contributed by atoms with Gasteiger partial charge in [0.15, 0.2) is 23.3 Å². The lowest BCUT2D eigenvalue weighted by Gasteiger charge is -2.40. The van der Waals surface area contributed by atoms with Gasteiger partial charge in [0.05, 0.1) is 72.1 Å². The highest BCUT2D eigenvalue weighted by molar-refractivity contribution is 6.62. The van der Waals surface area contributed by atoms with E-state index in [2.05, 4.69) is 89.4 Å². The number of aromatic nitrogens is 8. The summed E-state index contributed by atoms with van der Waals surface area (Å²) in [7, 11) is 0. The first-order valence-corrected chi connectivity index (χ1v) is 33.7. The first-order chi connectivity index (χ1) is 48.9. The van der Waals surface area contributed by atoms with Crippen molar-refractivity contribution in [3.05, 3.63) is 47.0 Å². The number of nitrogens with one attached hydrogen (secondary N) is 4. The third-order valence-electron chi connectivity index (χ3n) is 16.9. The molecular weight excluding hydrogens is 1420 g/mol. The second-order valence-corrected chi connectivity index (χ2v) is 27.8. The molecule has 38 nitrogen and oxygen atoms in total. The summed E-state index contributed by atoms with van der Waals surface area (Å²) in [5.41, 5.74) is 24.2. The lowest BCUT2D eigenvalue weighted by Crippen LogP contribution is -2.49. The van der Waals surface area contributed by atoms with Crippen LogP contribution in [0.4, 0.5) is 32.9 Å². The van der Waals surface area contributed by atoms with Gasteiger partial charge in [0.1, 0.15) is 33.5 Å². The van der Waals surface area contributed by atoms with Crippen molar-refractivity contribution in [1.82, 2.24) is 59.1 Å². The highest BCUT2D eigenvalue weighted by Crippen LogP contribution is 2.38. The molecule has 4 aromatic heterocycles. The first-order valence-electron chi connectivity index (χ1n) is 33.3. The number of ether oxygens (including phenoxy) is 2. The van der Waals surface area contributed by atoms with Crippen molar-refractivity contribution < 1.29 is 67.3 Å². The van der Waals surface area contributed by atoms with Gasteiger partial charge >= 0.3 is 12.2 Å². The van der Waals surface area contributed by atoms with Crippen molar-refractivity contribution in [3.63, 3.8) is 0 Å². The van der Waals surface area contributed by atoms with Crippen molar-refractivity contribution in [2.75, 3.05) is 80.6 Å². The van der Waals surface area contributed by atoms with E-state index in [1.165, 1.54) is 51.0 Å². The van der Waals surface area contributed by atoms with Crippen LogP contribution < -0.4 is 49.9 Å². The average Bonchev–Trinajstić information content (AvgIpc) is 1.50. The van der Waals surface area contributed by atoms with Crippen molar-refractivity contribution in [1.29, 1.82) is 21.0 Å². The van der Waals surface area contributed by atoms with E-state index in [1.807, 2.05) is 20.8 Å². The van der Waals surface area contributed by atoms with E-state index in [9.17, 15) is 63.7 Å². The fourth-order valence-corrected chi connectivity index (χ4v) is 11.6. The van der Waals surface area contributed by atoms with Crippen LogP contribution in [-0.2, 0) is 55.6 Å². The van der Waals surface area contributed by atoms with E-state index in [4.69, 9.17) is 53.3 Å². The molecular formula is C66H98Cl2N24O14. The number of nitrogen functional groups attached to an aromatic ring is 1. The minimum absolute atomic E-state index is 0. The molecule has 15 N–H and O–H groups in total. The molecule has 580 valence electrons. The van der Waals surface area contributed by atoms with Crippen molar-refractivity contribution in [2.24, 2.45) is 22.9 Å². The van der Waals surface area contributed by atoms with Crippen molar-refractivity contribution in [2.45, 2.75) is 193 Å². The summed E-state index contributed by atoms with van der Waals surface area (Å²) in [5.74, 6) is -4.19. The van der Waals surface area contributed by atoms with E-state index in [1.54, 1.807) is 50.8 Å². The lowest BCUT2D eigenvalue weighted by atomic mass is 9.85. The van der Waals surface area contributed by atoms with Gasteiger partial charge < -0.3 is 79.2 Å². The number of halogens is 2. The zero-order valence-electron chi connectivity index (χ0n) is 61.8. The minimum Gasteiger partial charge on any atom is -0.481 e. The van der Waals surface area contributed by atoms with Crippen LogP contribution in [0.2, 0.25) is 0 Å². The second-order valence-electron chi connectivity index (χ2n) is 27.2. The molecule has 106 heavy (non-hydrogen) atoms. The summed E-state index contributed by atoms with van der Waals surface area (Å²) < 4.78 is 17.1. The van der Waals surface area contributed by atoms with Gasteiger partial charge in [-0.2, -0.15) is 41.4 Å². The number of nitrogens with zero attached hydrogens (tertiary/aromatic N) is 15. The fraction of sp³-hybridized carbons (Fsp3) is 0.591. The zero-order valence-corrected chi connectivity index (χ0v) is 63.4. The highest BCUT2D eigenvalue weighted by Gasteiger charge is 2.43. The number of carbonyl (C=O) groups is 11. The van der Waals surface area contributed by atoms with Crippen LogP contribution in [0.15, 0.2) is 24.8 Å². The Hall–Kier alpha value is -10.9. The van der Waals surface area contributed by atoms with Crippen LogP contribution in [0.5, 0.6) is 0 Å². The van der Waals surface area contributed by atoms with Crippen LogP contribution in [0.25, 0.3) is 0 Å². The average molecular weight is 1520 g/mol. The number of piperidine rings is 4. The normalized spacial score (nSPS) is 15.9. The predicted octanol–water partition coefficient (Wildman–Crippen LogP) is 4.67. The van der Waals surface area contributed by atoms with Gasteiger partial charge in [-0.1, -0.05) is 6.92 Å². The SMILES string of the molecule is CC(=O)Cl.CC(=O)Nc1nn(C2(CC#N)CCN(C(=O)OC(C)(C)C)CC2)cc1C(N)=O.CC(=O)Nc1nn(C2(CC#N)CCNCC2)cc1C(N)=O.CC(=O)O.CC(C)(C)OC(=O)N1CCC(CC#N)(n2cc(C(N)=O)c(N)n2)CC1.CCN1CCC(CC#N)(n2cc(C(N)=O)c(NC(C)=O)n2)CC1.Cl. The number of carboxylic acids is 1. The maximum atomic E-state index is 12.3. The Balaban J connectivity index is 0.000000464. The van der Waals surface area contributed by atoms with Gasteiger partial charge in [-0.3, -0.25) is 61.9 Å². The smallest absolute Gasteiger partial charge is 0.410 e. The minimum atomic E-state index is -0.833. The predicted molar refractivity (Wildman–Crippen MR) is 388 cm³/mol. The summed E-state index contributed by atoms with van der Waals surface area (Å²) in [4.78, 5) is 128. The zero-order chi connectivity index (χ0) is 79.6. The molecule has 0 bridgehead atoms. The van der Waals surface area contributed by atoms with Gasteiger partial charge in [0.25, 0.3) is 29.6 Å². The number of hydrogen-bond acceptors (Lipinski definition) is 24. The third-order valence-corrected chi connectivity index (χ3v) is 16.9. The topological polar surface area (TPSA) is 581 Å². The summed E-state index contributed by atoms with van der Waals surface area (Å²) >= 11 is 4.64. The van der Waals surface area contributed by atoms with Crippen LogP contribution in [-0.4, -0.2) is 194 Å². The third kappa shape index (κ3) is 27.0. The van der Waals surface area contributed by atoms with E-state index >= 15 is 0 Å². The number of carbonyl (C=O) groups excluding carboxylic acids is 10. The maximum Gasteiger partial charge on any atom is 0.410 e. The fourth-order valence-electron chi connectivity index (χ4n) is 11.6. The largest absolute Gasteiger partial charge is 0.481 e. The number of nitriles is 4. The quantitative estimate of drug-likeness (QED) is 0.0681. The number of primary amides is 4. The molecule has 0 aliphatic carbocycles. The van der Waals surface area contributed by atoms with E-state index in [0.29, 0.717) is 58.3 Å². The molecule has 4 saturated heterocycles. The monoisotopic (exact) mass is 1520 g/mol. The Morgan fingerprint density at radius 2 is 0.745 bits per heavy atom. The van der Waals surface area contributed by atoms with Crippen LogP contribution in [0.1, 0.15) is 202 Å². The van der Waals surface area contributed by atoms with Gasteiger partial charge in [-0.25, -0.2) is 9.59 Å². The number of carboxylic acid groups (broad SMARTS) is 1. The molecule has 0 unspecified atom stereocenters. The second kappa shape index (κ2) is 40.4. The number of amides is 9. The molecule has 4 aliphatic heterocycles. The Morgan fingerprint density at radius 1 is 0.500 bits per heavy atom.